The zero-order valence-corrected chi connectivity index (χ0v) is 40.9. The molecule has 0 unspecified atom stereocenters. The third-order valence-corrected chi connectivity index (χ3v) is 12.7. The molecule has 2 aliphatic rings. The van der Waals surface area contributed by atoms with Crippen LogP contribution in [0.2, 0.25) is 0 Å². The summed E-state index contributed by atoms with van der Waals surface area (Å²) in [6.07, 6.45) is -8.07. The van der Waals surface area contributed by atoms with Crippen LogP contribution in [0.1, 0.15) is 82.4 Å². The second-order valence-corrected chi connectivity index (χ2v) is 19.4. The number of hydrogen-bond donors (Lipinski definition) is 3. The van der Waals surface area contributed by atoms with Gasteiger partial charge in [0.2, 0.25) is 11.8 Å². The van der Waals surface area contributed by atoms with Gasteiger partial charge in [0.25, 0.3) is 5.91 Å². The minimum atomic E-state index is -5.34. The Morgan fingerprint density at radius 3 is 2.28 bits per heavy atom. The molecule has 5 aromatic rings. The number of carbonyl (C=O) groups is 3. The van der Waals surface area contributed by atoms with E-state index in [1.165, 1.54) is 36.9 Å². The standard InChI is InChI=1S/C50H47F9N8O6S/c1-47(2,3)42(44(70)65-24-30(68)19-37(65)43-62-23-35(63-43)26-8-11-28(51)12-9-26)64-38(69)25-72-16-6-7-17-73-31-13-14-32(33(20-31)49(54,55)56)41-34(52)18-29(22-61-41)67-46(74)66(45(71)48(67,4)5)36-15-10-27(21-60)39(40(36)53)50(57,58)59/h8-15,18,20,22-23,30,37,42,68H,6-7,16-17,19,24-25H2,1-5H3,(H,62,63)(H,64,69)/t30-,37+,42-/m1/s1. The number of aliphatic hydroxyl groups is 1. The number of H-pyrrole nitrogens is 1. The summed E-state index contributed by atoms with van der Waals surface area (Å²) in [5.41, 5.74) is -8.36. The number of aromatic nitrogens is 3. The van der Waals surface area contributed by atoms with Gasteiger partial charge in [-0.3, -0.25) is 24.3 Å². The van der Waals surface area contributed by atoms with E-state index < -0.39 is 122 Å². The Kier molecular flexibility index (Phi) is 15.5. The molecule has 0 radical (unpaired) electrons. The zero-order valence-electron chi connectivity index (χ0n) is 40.1. The minimum absolute atomic E-state index is 0.0127. The number of nitrogens with one attached hydrogen (secondary N) is 2. The fourth-order valence-corrected chi connectivity index (χ4v) is 9.14. The Bertz CT molecular complexity index is 3010. The number of nitrogens with zero attached hydrogens (tertiary/aromatic N) is 6. The molecule has 74 heavy (non-hydrogen) atoms. The molecule has 0 aliphatic carbocycles. The van der Waals surface area contributed by atoms with Gasteiger partial charge >= 0.3 is 12.4 Å². The number of imidazole rings is 1. The fraction of sp³-hybridized carbons (Fsp3) is 0.380. The molecule has 14 nitrogen and oxygen atoms in total. The molecule has 7 rings (SSSR count). The number of rotatable bonds is 15. The molecule has 3 amide bonds. The lowest BCUT2D eigenvalue weighted by molar-refractivity contribution is -0.141. The van der Waals surface area contributed by atoms with Crippen molar-refractivity contribution in [3.63, 3.8) is 0 Å². The number of ether oxygens (including phenoxy) is 2. The molecule has 3 atom stereocenters. The van der Waals surface area contributed by atoms with Crippen molar-refractivity contribution in [1.29, 1.82) is 5.26 Å². The van der Waals surface area contributed by atoms with Gasteiger partial charge in [0.15, 0.2) is 16.7 Å². The van der Waals surface area contributed by atoms with Crippen LogP contribution in [0.4, 0.5) is 50.9 Å². The average molecular weight is 1060 g/mol. The lowest BCUT2D eigenvalue weighted by Gasteiger charge is -2.35. The summed E-state index contributed by atoms with van der Waals surface area (Å²) in [6.45, 7) is 7.28. The molecule has 0 spiro atoms. The number of halogens is 9. The number of benzene rings is 3. The highest BCUT2D eigenvalue weighted by atomic mass is 32.1. The molecule has 3 N–H and O–H groups in total. The van der Waals surface area contributed by atoms with E-state index in [1.807, 2.05) is 0 Å². The zero-order chi connectivity index (χ0) is 54.2. The molecule has 0 saturated carbocycles. The molecule has 0 bridgehead atoms. The molecule has 3 aromatic carbocycles. The topological polar surface area (TPSA) is 177 Å². The van der Waals surface area contributed by atoms with Crippen LogP contribution in [0, 0.1) is 34.2 Å². The van der Waals surface area contributed by atoms with Gasteiger partial charge in [-0.05, 0) is 104 Å². The number of aliphatic hydroxyl groups excluding tert-OH is 1. The fourth-order valence-electron chi connectivity index (χ4n) is 8.63. The van der Waals surface area contributed by atoms with Crippen LogP contribution in [-0.2, 0) is 31.5 Å². The Morgan fingerprint density at radius 2 is 1.65 bits per heavy atom. The lowest BCUT2D eigenvalue weighted by atomic mass is 9.85. The van der Waals surface area contributed by atoms with Crippen molar-refractivity contribution in [1.82, 2.24) is 25.2 Å². The van der Waals surface area contributed by atoms with E-state index >= 15 is 8.78 Å². The maximum Gasteiger partial charge on any atom is 0.420 e. The van der Waals surface area contributed by atoms with Crippen LogP contribution in [0.5, 0.6) is 5.75 Å². The van der Waals surface area contributed by atoms with E-state index in [4.69, 9.17) is 27.0 Å². The lowest BCUT2D eigenvalue weighted by Crippen LogP contribution is -2.55. The number of aromatic amines is 1. The molecule has 2 aliphatic heterocycles. The molecular formula is C50H47F9N8O6S. The Hall–Kier alpha value is -7.10. The van der Waals surface area contributed by atoms with Crippen LogP contribution in [0.15, 0.2) is 73.1 Å². The monoisotopic (exact) mass is 1060 g/mol. The highest BCUT2D eigenvalue weighted by Crippen LogP contribution is 2.44. The number of β-amino-alcohol motifs (C(OH)–C–C–N with tert-alkyl or cyclic N) is 1. The molecular weight excluding hydrogens is 1010 g/mol. The van der Waals surface area contributed by atoms with Crippen LogP contribution >= 0.6 is 12.2 Å². The molecule has 2 fully saturated rings. The molecule has 2 aromatic heterocycles. The van der Waals surface area contributed by atoms with Gasteiger partial charge in [0.05, 0.1) is 65.4 Å². The van der Waals surface area contributed by atoms with Crippen molar-refractivity contribution >= 4 is 46.4 Å². The summed E-state index contributed by atoms with van der Waals surface area (Å²) in [6, 6.07) is 10.2. The molecule has 24 heteroatoms. The second-order valence-electron chi connectivity index (χ2n) is 19.0. The minimum Gasteiger partial charge on any atom is -0.494 e. The number of pyridine rings is 1. The number of anilines is 2. The Balaban J connectivity index is 0.940. The van der Waals surface area contributed by atoms with E-state index in [0.717, 1.165) is 35.4 Å². The normalized spacial score (nSPS) is 17.5. The van der Waals surface area contributed by atoms with Gasteiger partial charge < -0.3 is 34.7 Å². The van der Waals surface area contributed by atoms with Gasteiger partial charge in [-0.15, -0.1) is 0 Å². The Labute approximate surface area is 423 Å². The van der Waals surface area contributed by atoms with Gasteiger partial charge in [-0.25, -0.2) is 18.2 Å². The van der Waals surface area contributed by atoms with Crippen molar-refractivity contribution in [3.05, 3.63) is 113 Å². The third-order valence-electron chi connectivity index (χ3n) is 12.3. The predicted molar refractivity (Wildman–Crippen MR) is 253 cm³/mol. The van der Waals surface area contributed by atoms with Crippen molar-refractivity contribution in [2.45, 2.75) is 90.0 Å². The first-order valence-electron chi connectivity index (χ1n) is 22.8. The number of carbonyl (C=O) groups excluding carboxylic acids is 3. The molecule has 2 saturated heterocycles. The van der Waals surface area contributed by atoms with Crippen LogP contribution < -0.4 is 19.9 Å². The summed E-state index contributed by atoms with van der Waals surface area (Å²) in [5.74, 6) is -5.61. The molecule has 4 heterocycles. The summed E-state index contributed by atoms with van der Waals surface area (Å²) in [4.78, 5) is 55.1. The first kappa shape index (κ1) is 54.7. The number of alkyl halides is 6. The van der Waals surface area contributed by atoms with E-state index in [-0.39, 0.29) is 44.0 Å². The van der Waals surface area contributed by atoms with E-state index in [9.17, 15) is 50.2 Å². The number of amides is 3. The maximum atomic E-state index is 15.9. The van der Waals surface area contributed by atoms with Gasteiger partial charge in [-0.2, -0.15) is 31.6 Å². The van der Waals surface area contributed by atoms with Crippen LogP contribution in [-0.4, -0.2) is 91.8 Å². The van der Waals surface area contributed by atoms with Gasteiger partial charge in [-0.1, -0.05) is 20.8 Å². The summed E-state index contributed by atoms with van der Waals surface area (Å²) in [7, 11) is 0. The number of hydrogen-bond acceptors (Lipinski definition) is 10. The summed E-state index contributed by atoms with van der Waals surface area (Å²) < 4.78 is 141. The van der Waals surface area contributed by atoms with Crippen LogP contribution in [0.3, 0.4) is 0 Å². The van der Waals surface area contributed by atoms with Gasteiger partial charge in [0.1, 0.15) is 46.8 Å². The van der Waals surface area contributed by atoms with Crippen molar-refractivity contribution in [2.24, 2.45) is 5.41 Å². The number of likely N-dealkylation sites (tertiary alicyclic amines) is 1. The highest BCUT2D eigenvalue weighted by Gasteiger charge is 2.52. The van der Waals surface area contributed by atoms with Gasteiger partial charge in [0, 0.05) is 31.2 Å². The number of unbranched alkanes of at least 4 members (excludes halogenated alkanes) is 1. The predicted octanol–water partition coefficient (Wildman–Crippen LogP) is 9.42. The highest BCUT2D eigenvalue weighted by molar-refractivity contribution is 7.81. The van der Waals surface area contributed by atoms with Crippen molar-refractivity contribution < 1.29 is 68.5 Å². The average Bonchev–Trinajstić information content (AvgIpc) is 4.01. The second kappa shape index (κ2) is 21.0. The maximum absolute atomic E-state index is 15.9. The Morgan fingerprint density at radius 1 is 0.959 bits per heavy atom. The van der Waals surface area contributed by atoms with Crippen LogP contribution in [0.25, 0.3) is 22.5 Å². The summed E-state index contributed by atoms with van der Waals surface area (Å²) >= 11 is 5.37. The van der Waals surface area contributed by atoms with E-state index in [0.29, 0.717) is 40.5 Å². The van der Waals surface area contributed by atoms with E-state index in [1.54, 1.807) is 39.1 Å². The molecule has 392 valence electrons. The van der Waals surface area contributed by atoms with E-state index in [2.05, 4.69) is 20.3 Å². The van der Waals surface area contributed by atoms with Crippen molar-refractivity contribution in [2.75, 3.05) is 36.2 Å². The largest absolute Gasteiger partial charge is 0.494 e. The van der Waals surface area contributed by atoms with Crippen molar-refractivity contribution in [3.8, 4) is 34.3 Å². The SMILES string of the molecule is CC(C)(C)[C@H](NC(=O)COCCCCOc1ccc(-c2ncc(N3C(=S)N(c4ccc(C#N)c(C(F)(F)F)c4F)C(=O)C3(C)C)cc2F)c(C(F)(F)F)c1)C(=O)N1C[C@H](O)C[C@H]1c1ncc(-c2ccc(F)cc2)[nH]1. The number of thiocarbonyl (C=S) groups is 1. The third kappa shape index (κ3) is 11.3. The summed E-state index contributed by atoms with van der Waals surface area (Å²) in [5, 5.41) is 21.9. The smallest absolute Gasteiger partial charge is 0.420 e. The first-order valence-corrected chi connectivity index (χ1v) is 23.2. The first-order chi connectivity index (χ1) is 34.6. The number of nitriles is 1. The quantitative estimate of drug-likeness (QED) is 0.0517.